The fourth-order valence-corrected chi connectivity index (χ4v) is 2.57. The van der Waals surface area contributed by atoms with Crippen molar-refractivity contribution in [2.24, 2.45) is 0 Å². The number of benzene rings is 2. The van der Waals surface area contributed by atoms with E-state index in [1.54, 1.807) is 25.3 Å². The minimum atomic E-state index is -0.220. The normalized spacial score (nSPS) is 10.3. The summed E-state index contributed by atoms with van der Waals surface area (Å²) in [4.78, 5) is 23.8. The van der Waals surface area contributed by atoms with E-state index in [2.05, 4.69) is 16.0 Å². The van der Waals surface area contributed by atoms with E-state index in [-0.39, 0.29) is 18.4 Å². The number of ether oxygens (including phenoxy) is 1. The van der Waals surface area contributed by atoms with Crippen molar-refractivity contribution in [3.63, 3.8) is 0 Å². The first-order valence-corrected chi connectivity index (χ1v) is 9.12. The average Bonchev–Trinajstić information content (AvgIpc) is 2.65. The summed E-state index contributed by atoms with van der Waals surface area (Å²) >= 11 is 6.14. The molecular weight excluding hydrogens is 366 g/mol. The number of hydrogen-bond acceptors (Lipinski definition) is 4. The third-order valence-electron chi connectivity index (χ3n) is 3.78. The van der Waals surface area contributed by atoms with Crippen LogP contribution in [0.25, 0.3) is 0 Å². The molecule has 27 heavy (non-hydrogen) atoms. The Bertz CT molecular complexity index is 779. The second-order valence-electron chi connectivity index (χ2n) is 5.99. The summed E-state index contributed by atoms with van der Waals surface area (Å²) in [6, 6.07) is 12.6. The van der Waals surface area contributed by atoms with Gasteiger partial charge in [-0.25, -0.2) is 0 Å². The highest BCUT2D eigenvalue weighted by atomic mass is 35.5. The number of amides is 2. The van der Waals surface area contributed by atoms with Gasteiger partial charge in [0.25, 0.3) is 0 Å². The van der Waals surface area contributed by atoms with Crippen molar-refractivity contribution in [1.29, 1.82) is 0 Å². The molecule has 0 radical (unpaired) electrons. The Hall–Kier alpha value is -2.57. The molecule has 6 nitrogen and oxygen atoms in total. The zero-order valence-corrected chi connectivity index (χ0v) is 16.2. The van der Waals surface area contributed by atoms with Gasteiger partial charge in [-0.15, -0.1) is 0 Å². The van der Waals surface area contributed by atoms with Gasteiger partial charge in [-0.1, -0.05) is 30.7 Å². The van der Waals surface area contributed by atoms with Crippen LogP contribution in [0.5, 0.6) is 5.75 Å². The van der Waals surface area contributed by atoms with Crippen LogP contribution in [-0.4, -0.2) is 25.5 Å². The highest BCUT2D eigenvalue weighted by Gasteiger charge is 2.08. The molecule has 7 heteroatoms. The second kappa shape index (κ2) is 10.5. The predicted octanol–water partition coefficient (Wildman–Crippen LogP) is 3.82. The Balaban J connectivity index is 1.85. The van der Waals surface area contributed by atoms with Gasteiger partial charge in [-0.05, 0) is 42.3 Å². The van der Waals surface area contributed by atoms with E-state index in [1.165, 1.54) is 0 Å². The largest absolute Gasteiger partial charge is 0.497 e. The molecule has 0 aliphatic rings. The van der Waals surface area contributed by atoms with Crippen LogP contribution in [0.15, 0.2) is 42.5 Å². The molecule has 0 saturated carbocycles. The van der Waals surface area contributed by atoms with E-state index in [0.717, 1.165) is 17.7 Å². The topological polar surface area (TPSA) is 79.5 Å². The van der Waals surface area contributed by atoms with E-state index >= 15 is 0 Å². The van der Waals surface area contributed by atoms with Crippen molar-refractivity contribution < 1.29 is 14.3 Å². The number of nitrogens with one attached hydrogen (secondary N) is 3. The van der Waals surface area contributed by atoms with Gasteiger partial charge in [0.2, 0.25) is 11.8 Å². The molecule has 2 rings (SSSR count). The van der Waals surface area contributed by atoms with Crippen molar-refractivity contribution >= 4 is 34.8 Å². The molecule has 0 spiro atoms. The van der Waals surface area contributed by atoms with Gasteiger partial charge < -0.3 is 20.7 Å². The summed E-state index contributed by atoms with van der Waals surface area (Å²) in [6.07, 6.45) is 1.21. The molecule has 2 aromatic rings. The standard InChI is InChI=1S/C20H24ClN3O3/c1-3-4-19(25)23-15-7-10-17(21)18(11-15)24-20(26)13-22-12-14-5-8-16(27-2)9-6-14/h5-11,22H,3-4,12-13H2,1-2H3,(H,23,25)(H,24,26). The quantitative estimate of drug-likeness (QED) is 0.609. The fraction of sp³-hybridized carbons (Fsp3) is 0.300. The maximum Gasteiger partial charge on any atom is 0.238 e. The Morgan fingerprint density at radius 3 is 2.44 bits per heavy atom. The number of halogens is 1. The van der Waals surface area contributed by atoms with Crippen LogP contribution >= 0.6 is 11.6 Å². The molecule has 0 unspecified atom stereocenters. The molecule has 0 atom stereocenters. The van der Waals surface area contributed by atoms with Crippen molar-refractivity contribution in [2.75, 3.05) is 24.3 Å². The third-order valence-corrected chi connectivity index (χ3v) is 4.10. The first kappa shape index (κ1) is 20.7. The van der Waals surface area contributed by atoms with E-state index < -0.39 is 0 Å². The number of rotatable bonds is 9. The molecule has 0 fully saturated rings. The SMILES string of the molecule is CCCC(=O)Nc1ccc(Cl)c(NC(=O)CNCc2ccc(OC)cc2)c1. The van der Waals surface area contributed by atoms with Crippen LogP contribution in [0.4, 0.5) is 11.4 Å². The second-order valence-corrected chi connectivity index (χ2v) is 6.40. The number of methoxy groups -OCH3 is 1. The highest BCUT2D eigenvalue weighted by molar-refractivity contribution is 6.33. The van der Waals surface area contributed by atoms with Gasteiger partial charge in [-0.2, -0.15) is 0 Å². The summed E-state index contributed by atoms with van der Waals surface area (Å²) in [7, 11) is 1.62. The van der Waals surface area contributed by atoms with Crippen LogP contribution in [0.2, 0.25) is 5.02 Å². The smallest absolute Gasteiger partial charge is 0.238 e. The lowest BCUT2D eigenvalue weighted by Gasteiger charge is -2.11. The lowest BCUT2D eigenvalue weighted by atomic mass is 10.2. The van der Waals surface area contributed by atoms with Gasteiger partial charge in [-0.3, -0.25) is 9.59 Å². The lowest BCUT2D eigenvalue weighted by Crippen LogP contribution is -2.27. The van der Waals surface area contributed by atoms with E-state index in [0.29, 0.717) is 29.4 Å². The molecular formula is C20H24ClN3O3. The van der Waals surface area contributed by atoms with Crippen LogP contribution in [0.1, 0.15) is 25.3 Å². The lowest BCUT2D eigenvalue weighted by molar-refractivity contribution is -0.116. The molecule has 0 aromatic heterocycles. The molecule has 0 saturated heterocycles. The van der Waals surface area contributed by atoms with Crippen LogP contribution in [0, 0.1) is 0 Å². The fourth-order valence-electron chi connectivity index (χ4n) is 2.41. The van der Waals surface area contributed by atoms with E-state index in [4.69, 9.17) is 16.3 Å². The predicted molar refractivity (Wildman–Crippen MR) is 108 cm³/mol. The average molecular weight is 390 g/mol. The Morgan fingerprint density at radius 2 is 1.78 bits per heavy atom. The molecule has 144 valence electrons. The van der Waals surface area contributed by atoms with Crippen molar-refractivity contribution in [2.45, 2.75) is 26.3 Å². The van der Waals surface area contributed by atoms with Gasteiger partial charge in [0.1, 0.15) is 5.75 Å². The first-order valence-electron chi connectivity index (χ1n) is 8.74. The molecule has 0 bridgehead atoms. The van der Waals surface area contributed by atoms with Crippen molar-refractivity contribution in [3.05, 3.63) is 53.1 Å². The van der Waals surface area contributed by atoms with Crippen molar-refractivity contribution in [1.82, 2.24) is 5.32 Å². The number of carbonyl (C=O) groups is 2. The van der Waals surface area contributed by atoms with Crippen molar-refractivity contribution in [3.8, 4) is 5.75 Å². The maximum atomic E-state index is 12.2. The monoisotopic (exact) mass is 389 g/mol. The maximum absolute atomic E-state index is 12.2. The summed E-state index contributed by atoms with van der Waals surface area (Å²) in [6.45, 7) is 2.62. The van der Waals surface area contributed by atoms with E-state index in [1.807, 2.05) is 31.2 Å². The number of hydrogen-bond donors (Lipinski definition) is 3. The van der Waals surface area contributed by atoms with E-state index in [9.17, 15) is 9.59 Å². The van der Waals surface area contributed by atoms with Crippen LogP contribution < -0.4 is 20.7 Å². The minimum Gasteiger partial charge on any atom is -0.497 e. The Kier molecular flexibility index (Phi) is 8.10. The molecule has 3 N–H and O–H groups in total. The first-order chi connectivity index (χ1) is 13.0. The van der Waals surface area contributed by atoms with Crippen LogP contribution in [0.3, 0.4) is 0 Å². The zero-order chi connectivity index (χ0) is 19.6. The Morgan fingerprint density at radius 1 is 1.04 bits per heavy atom. The summed E-state index contributed by atoms with van der Waals surface area (Å²) < 4.78 is 5.11. The molecule has 0 aliphatic carbocycles. The van der Waals surface area contributed by atoms with Gasteiger partial charge in [0.15, 0.2) is 0 Å². The summed E-state index contributed by atoms with van der Waals surface area (Å²) in [5.41, 5.74) is 2.10. The summed E-state index contributed by atoms with van der Waals surface area (Å²) in [5.74, 6) is 0.498. The zero-order valence-electron chi connectivity index (χ0n) is 15.5. The summed E-state index contributed by atoms with van der Waals surface area (Å²) in [5, 5.41) is 9.02. The van der Waals surface area contributed by atoms with Crippen LogP contribution in [-0.2, 0) is 16.1 Å². The minimum absolute atomic E-state index is 0.0711. The van der Waals surface area contributed by atoms with Gasteiger partial charge in [0, 0.05) is 18.7 Å². The molecule has 0 aliphatic heterocycles. The third kappa shape index (κ3) is 6.92. The number of anilines is 2. The number of carbonyl (C=O) groups excluding carboxylic acids is 2. The van der Waals surface area contributed by atoms with Gasteiger partial charge >= 0.3 is 0 Å². The molecule has 2 amide bonds. The highest BCUT2D eigenvalue weighted by Crippen LogP contribution is 2.25. The Labute approximate surface area is 164 Å². The molecule has 2 aromatic carbocycles. The van der Waals surface area contributed by atoms with Gasteiger partial charge in [0.05, 0.1) is 24.4 Å². The molecule has 0 heterocycles.